The minimum atomic E-state index is -0.952. The first kappa shape index (κ1) is 13.9. The van der Waals surface area contributed by atoms with E-state index in [2.05, 4.69) is 10.5 Å². The standard InChI is InChI=1S/C16H14N2O4/c19-16(20)12-2-4-13(5-3-12)18-17-10-11-1-6-14-15(9-11)22-8-7-21-14/h1-6,9-10,18H,7-8H2,(H,19,20)/b17-10+. The van der Waals surface area contributed by atoms with E-state index in [1.807, 2.05) is 18.2 Å². The number of aromatic carboxylic acids is 1. The number of carboxylic acid groups (broad SMARTS) is 1. The molecule has 0 saturated carbocycles. The summed E-state index contributed by atoms with van der Waals surface area (Å²) in [5, 5.41) is 12.9. The van der Waals surface area contributed by atoms with Crippen LogP contribution < -0.4 is 14.9 Å². The summed E-state index contributed by atoms with van der Waals surface area (Å²) < 4.78 is 11.0. The molecule has 3 rings (SSSR count). The van der Waals surface area contributed by atoms with E-state index in [9.17, 15) is 4.79 Å². The van der Waals surface area contributed by atoms with Crippen LogP contribution in [0, 0.1) is 0 Å². The van der Waals surface area contributed by atoms with Crippen LogP contribution in [0.1, 0.15) is 15.9 Å². The number of benzene rings is 2. The largest absolute Gasteiger partial charge is 0.486 e. The molecule has 2 aromatic rings. The molecule has 0 bridgehead atoms. The van der Waals surface area contributed by atoms with Gasteiger partial charge in [-0.2, -0.15) is 5.10 Å². The van der Waals surface area contributed by atoms with Crippen LogP contribution in [-0.4, -0.2) is 30.5 Å². The zero-order chi connectivity index (χ0) is 15.4. The van der Waals surface area contributed by atoms with Crippen LogP contribution in [0.3, 0.4) is 0 Å². The van der Waals surface area contributed by atoms with Crippen molar-refractivity contribution >= 4 is 17.9 Å². The Hall–Kier alpha value is -3.02. The molecule has 1 heterocycles. The topological polar surface area (TPSA) is 80.2 Å². The van der Waals surface area contributed by atoms with Gasteiger partial charge in [-0.25, -0.2) is 4.79 Å². The zero-order valence-electron chi connectivity index (χ0n) is 11.7. The monoisotopic (exact) mass is 298 g/mol. The Bertz CT molecular complexity index is 711. The Labute approximate surface area is 127 Å². The normalized spacial score (nSPS) is 13.1. The van der Waals surface area contributed by atoms with Crippen LogP contribution in [0.5, 0.6) is 11.5 Å². The van der Waals surface area contributed by atoms with Gasteiger partial charge in [0, 0.05) is 0 Å². The van der Waals surface area contributed by atoms with Gasteiger partial charge in [-0.15, -0.1) is 0 Å². The quantitative estimate of drug-likeness (QED) is 0.670. The summed E-state index contributed by atoms with van der Waals surface area (Å²) >= 11 is 0. The van der Waals surface area contributed by atoms with E-state index < -0.39 is 5.97 Å². The fourth-order valence-corrected chi connectivity index (χ4v) is 2.01. The number of ether oxygens (including phenoxy) is 2. The fourth-order valence-electron chi connectivity index (χ4n) is 2.01. The summed E-state index contributed by atoms with van der Waals surface area (Å²) in [6.07, 6.45) is 1.66. The lowest BCUT2D eigenvalue weighted by molar-refractivity contribution is 0.0697. The highest BCUT2D eigenvalue weighted by molar-refractivity contribution is 5.88. The molecule has 2 N–H and O–H groups in total. The molecule has 0 fully saturated rings. The average molecular weight is 298 g/mol. The number of anilines is 1. The van der Waals surface area contributed by atoms with Gasteiger partial charge in [0.2, 0.25) is 0 Å². The van der Waals surface area contributed by atoms with Crippen molar-refractivity contribution in [1.82, 2.24) is 0 Å². The minimum Gasteiger partial charge on any atom is -0.486 e. The molecule has 1 aliphatic rings. The maximum atomic E-state index is 10.8. The van der Waals surface area contributed by atoms with Crippen molar-refractivity contribution in [2.45, 2.75) is 0 Å². The summed E-state index contributed by atoms with van der Waals surface area (Å²) in [7, 11) is 0. The van der Waals surface area contributed by atoms with Crippen molar-refractivity contribution in [3.8, 4) is 11.5 Å². The molecule has 0 unspecified atom stereocenters. The average Bonchev–Trinajstić information content (AvgIpc) is 2.55. The van der Waals surface area contributed by atoms with Crippen molar-refractivity contribution < 1.29 is 19.4 Å². The van der Waals surface area contributed by atoms with Gasteiger partial charge in [-0.3, -0.25) is 5.43 Å². The molecule has 1 aliphatic heterocycles. The number of rotatable bonds is 4. The Morgan fingerprint density at radius 3 is 2.55 bits per heavy atom. The fraction of sp³-hybridized carbons (Fsp3) is 0.125. The third-order valence-electron chi connectivity index (χ3n) is 3.11. The van der Waals surface area contributed by atoms with Crippen molar-refractivity contribution in [3.05, 3.63) is 53.6 Å². The summed E-state index contributed by atoms with van der Waals surface area (Å²) in [5.74, 6) is 0.493. The van der Waals surface area contributed by atoms with Crippen LogP contribution in [0.15, 0.2) is 47.6 Å². The molecule has 6 heteroatoms. The lowest BCUT2D eigenvalue weighted by Gasteiger charge is -2.18. The SMILES string of the molecule is O=C(O)c1ccc(N/N=C/c2ccc3c(c2)OCCO3)cc1. The second-order valence-corrected chi connectivity index (χ2v) is 4.66. The molecule has 0 amide bonds. The smallest absolute Gasteiger partial charge is 0.335 e. The lowest BCUT2D eigenvalue weighted by atomic mass is 10.2. The number of fused-ring (bicyclic) bond motifs is 1. The molecule has 2 aromatic carbocycles. The van der Waals surface area contributed by atoms with Gasteiger partial charge in [0.05, 0.1) is 17.5 Å². The van der Waals surface area contributed by atoms with Crippen LogP contribution >= 0.6 is 0 Å². The first-order chi connectivity index (χ1) is 10.7. The highest BCUT2D eigenvalue weighted by atomic mass is 16.6. The number of hydrogen-bond acceptors (Lipinski definition) is 5. The summed E-state index contributed by atoms with van der Waals surface area (Å²) in [6.45, 7) is 1.11. The number of hydrazone groups is 1. The number of nitrogens with one attached hydrogen (secondary N) is 1. The van der Waals surface area contributed by atoms with Gasteiger partial charge in [0.15, 0.2) is 11.5 Å². The first-order valence-electron chi connectivity index (χ1n) is 6.74. The van der Waals surface area contributed by atoms with E-state index in [0.717, 1.165) is 11.3 Å². The number of nitrogens with zero attached hydrogens (tertiary/aromatic N) is 1. The molecular formula is C16H14N2O4. The second kappa shape index (κ2) is 6.17. The van der Waals surface area contributed by atoms with Gasteiger partial charge in [0.25, 0.3) is 0 Å². The zero-order valence-corrected chi connectivity index (χ0v) is 11.7. The second-order valence-electron chi connectivity index (χ2n) is 4.66. The maximum absolute atomic E-state index is 10.8. The van der Waals surface area contributed by atoms with E-state index in [1.165, 1.54) is 12.1 Å². The third kappa shape index (κ3) is 3.17. The van der Waals surface area contributed by atoms with Crippen LogP contribution in [0.2, 0.25) is 0 Å². The highest BCUT2D eigenvalue weighted by Gasteiger charge is 2.10. The van der Waals surface area contributed by atoms with Gasteiger partial charge in [-0.05, 0) is 48.0 Å². The van der Waals surface area contributed by atoms with Gasteiger partial charge in [0.1, 0.15) is 13.2 Å². The summed E-state index contributed by atoms with van der Waals surface area (Å²) in [4.78, 5) is 10.8. The van der Waals surface area contributed by atoms with Crippen molar-refractivity contribution in [2.24, 2.45) is 5.10 Å². The van der Waals surface area contributed by atoms with E-state index >= 15 is 0 Å². The Morgan fingerprint density at radius 2 is 1.82 bits per heavy atom. The minimum absolute atomic E-state index is 0.237. The first-order valence-corrected chi connectivity index (χ1v) is 6.74. The summed E-state index contributed by atoms with van der Waals surface area (Å²) in [6, 6.07) is 11.9. The predicted molar refractivity (Wildman–Crippen MR) is 82.1 cm³/mol. The lowest BCUT2D eigenvalue weighted by Crippen LogP contribution is -2.15. The van der Waals surface area contributed by atoms with Crippen LogP contribution in [0.4, 0.5) is 5.69 Å². The molecule has 0 saturated heterocycles. The molecule has 6 nitrogen and oxygen atoms in total. The third-order valence-corrected chi connectivity index (χ3v) is 3.11. The molecule has 112 valence electrons. The van der Waals surface area contributed by atoms with E-state index in [0.29, 0.717) is 24.7 Å². The Morgan fingerprint density at radius 1 is 1.09 bits per heavy atom. The highest BCUT2D eigenvalue weighted by Crippen LogP contribution is 2.30. The Kier molecular flexibility index (Phi) is 3.91. The molecule has 0 spiro atoms. The van der Waals surface area contributed by atoms with Gasteiger partial charge < -0.3 is 14.6 Å². The van der Waals surface area contributed by atoms with Crippen LogP contribution in [0.25, 0.3) is 0 Å². The Balaban J connectivity index is 1.65. The molecule has 0 atom stereocenters. The molecule has 0 aliphatic carbocycles. The maximum Gasteiger partial charge on any atom is 0.335 e. The van der Waals surface area contributed by atoms with Crippen LogP contribution in [-0.2, 0) is 0 Å². The van der Waals surface area contributed by atoms with E-state index in [4.69, 9.17) is 14.6 Å². The van der Waals surface area contributed by atoms with Crippen molar-refractivity contribution in [1.29, 1.82) is 0 Å². The number of hydrogen-bond donors (Lipinski definition) is 2. The van der Waals surface area contributed by atoms with E-state index in [-0.39, 0.29) is 5.56 Å². The molecule has 0 radical (unpaired) electrons. The number of carbonyl (C=O) groups is 1. The number of carboxylic acids is 1. The van der Waals surface area contributed by atoms with Gasteiger partial charge >= 0.3 is 5.97 Å². The summed E-state index contributed by atoms with van der Waals surface area (Å²) in [5.41, 5.74) is 4.66. The molecule has 22 heavy (non-hydrogen) atoms. The molecule has 0 aromatic heterocycles. The van der Waals surface area contributed by atoms with Crippen molar-refractivity contribution in [3.63, 3.8) is 0 Å². The van der Waals surface area contributed by atoms with Crippen molar-refractivity contribution in [2.75, 3.05) is 18.6 Å². The van der Waals surface area contributed by atoms with Gasteiger partial charge in [-0.1, -0.05) is 0 Å². The molecular weight excluding hydrogens is 284 g/mol. The predicted octanol–water partition coefficient (Wildman–Crippen LogP) is 2.60. The van der Waals surface area contributed by atoms with E-state index in [1.54, 1.807) is 18.3 Å².